The van der Waals surface area contributed by atoms with E-state index in [0.29, 0.717) is 35.4 Å². The van der Waals surface area contributed by atoms with Crippen molar-refractivity contribution in [3.05, 3.63) is 79.7 Å². The van der Waals surface area contributed by atoms with Gasteiger partial charge in [-0.2, -0.15) is 0 Å². The van der Waals surface area contributed by atoms with Crippen LogP contribution in [0.15, 0.2) is 47.3 Å². The largest absolute Gasteiger partial charge is 0.506 e. The van der Waals surface area contributed by atoms with Crippen molar-refractivity contribution >= 4 is 23.2 Å². The van der Waals surface area contributed by atoms with E-state index >= 15 is 0 Å². The minimum atomic E-state index is -0.0972. The summed E-state index contributed by atoms with van der Waals surface area (Å²) in [6, 6.07) is 12.4. The minimum absolute atomic E-state index is 0.0752. The third-order valence-electron chi connectivity index (χ3n) is 4.72. The van der Waals surface area contributed by atoms with Gasteiger partial charge in [0.05, 0.1) is 10.7 Å². The van der Waals surface area contributed by atoms with Crippen molar-refractivity contribution in [1.82, 2.24) is 14.9 Å². The maximum Gasteiger partial charge on any atom is 0.254 e. The van der Waals surface area contributed by atoms with Gasteiger partial charge in [0.25, 0.3) is 5.56 Å². The van der Waals surface area contributed by atoms with Crippen LogP contribution < -0.4 is 5.56 Å². The molecule has 0 saturated carbocycles. The number of hydrogen-bond donors (Lipinski definition) is 2. The number of hydrogen-bond acceptors (Lipinski definition) is 4. The van der Waals surface area contributed by atoms with Crippen LogP contribution in [0.1, 0.15) is 16.8 Å². The third kappa shape index (κ3) is 3.72. The Hall–Kier alpha value is -2.34. The predicted molar refractivity (Wildman–Crippen MR) is 106 cm³/mol. The molecule has 0 radical (unpaired) electrons. The van der Waals surface area contributed by atoms with Crippen LogP contribution in [0, 0.1) is 0 Å². The van der Waals surface area contributed by atoms with Crippen LogP contribution in [0.2, 0.25) is 10.0 Å². The molecule has 1 aliphatic heterocycles. The van der Waals surface area contributed by atoms with Gasteiger partial charge in [-0.05, 0) is 42.3 Å². The Morgan fingerprint density at radius 2 is 1.93 bits per heavy atom. The molecule has 27 heavy (non-hydrogen) atoms. The summed E-state index contributed by atoms with van der Waals surface area (Å²) in [5, 5.41) is 10.8. The van der Waals surface area contributed by atoms with Crippen molar-refractivity contribution in [2.45, 2.75) is 19.5 Å². The fourth-order valence-electron chi connectivity index (χ4n) is 3.30. The first-order valence-corrected chi connectivity index (χ1v) is 9.33. The summed E-state index contributed by atoms with van der Waals surface area (Å²) < 4.78 is 0. The lowest BCUT2D eigenvalue weighted by Crippen LogP contribution is -2.35. The maximum atomic E-state index is 12.5. The molecule has 0 amide bonds. The number of phenolic OH excluding ortho intramolecular Hbond substituents is 1. The van der Waals surface area contributed by atoms with E-state index in [-0.39, 0.29) is 11.3 Å². The second-order valence-corrected chi connectivity index (χ2v) is 7.37. The zero-order valence-electron chi connectivity index (χ0n) is 14.4. The highest BCUT2D eigenvalue weighted by molar-refractivity contribution is 6.32. The summed E-state index contributed by atoms with van der Waals surface area (Å²) in [7, 11) is 0. The average molecular weight is 402 g/mol. The zero-order chi connectivity index (χ0) is 19.0. The number of benzene rings is 2. The quantitative estimate of drug-likeness (QED) is 0.695. The van der Waals surface area contributed by atoms with Crippen LogP contribution in [0.5, 0.6) is 5.75 Å². The number of aromatic amines is 1. The molecule has 0 unspecified atom stereocenters. The number of phenols is 1. The van der Waals surface area contributed by atoms with Gasteiger partial charge in [-0.3, -0.25) is 9.69 Å². The molecule has 0 bridgehead atoms. The Kier molecular flexibility index (Phi) is 4.91. The van der Waals surface area contributed by atoms with Crippen LogP contribution >= 0.6 is 23.2 Å². The first-order chi connectivity index (χ1) is 13.0. The van der Waals surface area contributed by atoms with Crippen LogP contribution in [0.4, 0.5) is 0 Å². The number of fused-ring (bicyclic) bond motifs is 1. The monoisotopic (exact) mass is 401 g/mol. The predicted octanol–water partition coefficient (Wildman–Crippen LogP) is 4.01. The van der Waals surface area contributed by atoms with Gasteiger partial charge in [0.2, 0.25) is 0 Å². The van der Waals surface area contributed by atoms with Crippen molar-refractivity contribution in [2.24, 2.45) is 0 Å². The van der Waals surface area contributed by atoms with Crippen molar-refractivity contribution in [1.29, 1.82) is 0 Å². The van der Waals surface area contributed by atoms with Crippen LogP contribution in [0.25, 0.3) is 11.4 Å². The first kappa shape index (κ1) is 18.0. The molecule has 2 heterocycles. The Morgan fingerprint density at radius 3 is 2.70 bits per heavy atom. The normalized spacial score (nSPS) is 14.1. The second-order valence-electron chi connectivity index (χ2n) is 6.56. The van der Waals surface area contributed by atoms with E-state index in [2.05, 4.69) is 14.9 Å². The highest BCUT2D eigenvalue weighted by Gasteiger charge is 2.22. The molecule has 5 nitrogen and oxygen atoms in total. The van der Waals surface area contributed by atoms with Gasteiger partial charge in [0.15, 0.2) is 0 Å². The molecule has 4 rings (SSSR count). The first-order valence-electron chi connectivity index (χ1n) is 8.58. The van der Waals surface area contributed by atoms with Crippen molar-refractivity contribution < 1.29 is 5.11 Å². The molecule has 0 fully saturated rings. The Labute approximate surface area is 166 Å². The van der Waals surface area contributed by atoms with Crippen LogP contribution in [-0.4, -0.2) is 26.5 Å². The molecule has 1 aliphatic rings. The summed E-state index contributed by atoms with van der Waals surface area (Å²) >= 11 is 12.1. The van der Waals surface area contributed by atoms with Crippen molar-refractivity contribution in [3.8, 4) is 17.1 Å². The molecule has 138 valence electrons. The number of aromatic nitrogens is 2. The fraction of sp³-hybridized carbons (Fsp3) is 0.200. The van der Waals surface area contributed by atoms with Gasteiger partial charge in [0.1, 0.15) is 11.6 Å². The molecule has 2 N–H and O–H groups in total. The lowest BCUT2D eigenvalue weighted by Gasteiger charge is -2.28. The summed E-state index contributed by atoms with van der Waals surface area (Å²) in [4.78, 5) is 22.2. The summed E-state index contributed by atoms with van der Waals surface area (Å²) in [5.41, 5.74) is 3.06. The van der Waals surface area contributed by atoms with Crippen molar-refractivity contribution in [2.75, 3.05) is 6.54 Å². The van der Waals surface area contributed by atoms with Crippen LogP contribution in [0.3, 0.4) is 0 Å². The minimum Gasteiger partial charge on any atom is -0.506 e. The van der Waals surface area contributed by atoms with Gasteiger partial charge in [-0.1, -0.05) is 35.3 Å². The van der Waals surface area contributed by atoms with E-state index in [1.807, 2.05) is 18.2 Å². The van der Waals surface area contributed by atoms with Crippen molar-refractivity contribution in [3.63, 3.8) is 0 Å². The standard InChI is InChI=1S/C20H17Cl2N3O2/c21-14-6-4-12(5-7-14)19-23-16-11-25(9-8-15(16)20(27)24-19)10-13-2-1-3-17(26)18(13)22/h1-7,26H,8-11H2,(H,23,24,27). The number of nitrogens with zero attached hydrogens (tertiary/aromatic N) is 2. The molecule has 3 aromatic rings. The molecule has 0 atom stereocenters. The number of aromatic hydroxyl groups is 1. The maximum absolute atomic E-state index is 12.5. The molecular weight excluding hydrogens is 385 g/mol. The highest BCUT2D eigenvalue weighted by Crippen LogP contribution is 2.29. The molecule has 2 aromatic carbocycles. The highest BCUT2D eigenvalue weighted by atomic mass is 35.5. The van der Waals surface area contributed by atoms with E-state index in [1.165, 1.54) is 0 Å². The van der Waals surface area contributed by atoms with Gasteiger partial charge in [-0.25, -0.2) is 4.98 Å². The summed E-state index contributed by atoms with van der Waals surface area (Å²) in [5.74, 6) is 0.610. The smallest absolute Gasteiger partial charge is 0.254 e. The van der Waals surface area contributed by atoms with E-state index in [9.17, 15) is 9.90 Å². The summed E-state index contributed by atoms with van der Waals surface area (Å²) in [6.07, 6.45) is 0.620. The lowest BCUT2D eigenvalue weighted by molar-refractivity contribution is 0.240. The molecule has 0 saturated heterocycles. The topological polar surface area (TPSA) is 69.2 Å². The number of rotatable bonds is 3. The van der Waals surface area contributed by atoms with Gasteiger partial charge < -0.3 is 10.1 Å². The second kappa shape index (κ2) is 7.35. The van der Waals surface area contributed by atoms with E-state index in [4.69, 9.17) is 23.2 Å². The summed E-state index contributed by atoms with van der Waals surface area (Å²) in [6.45, 7) is 1.85. The number of halogens is 2. The van der Waals surface area contributed by atoms with E-state index < -0.39 is 0 Å². The Bertz CT molecular complexity index is 1050. The van der Waals surface area contributed by atoms with Gasteiger partial charge in [-0.15, -0.1) is 0 Å². The zero-order valence-corrected chi connectivity index (χ0v) is 15.9. The molecule has 0 aliphatic carbocycles. The fourth-order valence-corrected chi connectivity index (χ4v) is 3.61. The number of nitrogens with one attached hydrogen (secondary N) is 1. The molecular formula is C20H17Cl2N3O2. The van der Waals surface area contributed by atoms with Gasteiger partial charge >= 0.3 is 0 Å². The molecule has 0 spiro atoms. The van der Waals surface area contributed by atoms with E-state index in [1.54, 1.807) is 24.3 Å². The lowest BCUT2D eigenvalue weighted by atomic mass is 10.0. The SMILES string of the molecule is O=c1[nH]c(-c2ccc(Cl)cc2)nc2c1CCN(Cc1cccc(O)c1Cl)C2. The van der Waals surface area contributed by atoms with Crippen LogP contribution in [-0.2, 0) is 19.5 Å². The Morgan fingerprint density at radius 1 is 1.15 bits per heavy atom. The average Bonchev–Trinajstić information content (AvgIpc) is 2.66. The third-order valence-corrected chi connectivity index (χ3v) is 5.41. The molecule has 1 aromatic heterocycles. The molecule has 7 heteroatoms. The Balaban J connectivity index is 1.62. The van der Waals surface area contributed by atoms with Gasteiger partial charge in [0, 0.05) is 35.8 Å². The number of H-pyrrole nitrogens is 1. The van der Waals surface area contributed by atoms with E-state index in [0.717, 1.165) is 28.9 Å².